The van der Waals surface area contributed by atoms with Crippen molar-refractivity contribution >= 4 is 22.5 Å². The van der Waals surface area contributed by atoms with Crippen LogP contribution < -0.4 is 16.6 Å². The Labute approximate surface area is 152 Å². The van der Waals surface area contributed by atoms with Crippen LogP contribution in [0.25, 0.3) is 10.9 Å². The van der Waals surface area contributed by atoms with Gasteiger partial charge >= 0.3 is 5.69 Å². The predicted octanol–water partition coefficient (Wildman–Crippen LogP) is 3.43. The number of amides is 1. The van der Waals surface area contributed by atoms with E-state index in [9.17, 15) is 14.4 Å². The van der Waals surface area contributed by atoms with Crippen LogP contribution in [0.1, 0.15) is 59.4 Å². The molecule has 140 valence electrons. The smallest absolute Gasteiger partial charge is 0.326 e. The van der Waals surface area contributed by atoms with E-state index < -0.39 is 0 Å². The molecule has 1 aliphatic carbocycles. The Kier molecular flexibility index (Phi) is 4.78. The lowest BCUT2D eigenvalue weighted by Gasteiger charge is -2.37. The van der Waals surface area contributed by atoms with Crippen LogP contribution in [-0.4, -0.2) is 15.5 Å². The third-order valence-corrected chi connectivity index (χ3v) is 5.54. The number of hydrogen-bond acceptors (Lipinski definition) is 3. The Bertz CT molecular complexity index is 941. The van der Waals surface area contributed by atoms with Crippen LogP contribution in [0.15, 0.2) is 27.8 Å². The molecule has 0 atom stereocenters. The summed E-state index contributed by atoms with van der Waals surface area (Å²) in [5.41, 5.74) is 0.661. The summed E-state index contributed by atoms with van der Waals surface area (Å²) in [6.45, 7) is 8.16. The number of aromatic nitrogens is 2. The fourth-order valence-corrected chi connectivity index (χ4v) is 4.04. The normalized spacial score (nSPS) is 20.9. The number of nitrogens with zero attached hydrogens (tertiary/aromatic N) is 1. The van der Waals surface area contributed by atoms with E-state index >= 15 is 0 Å². The summed E-state index contributed by atoms with van der Waals surface area (Å²) < 4.78 is 1.37. The molecule has 0 bridgehead atoms. The van der Waals surface area contributed by atoms with Crippen molar-refractivity contribution in [2.24, 2.45) is 11.3 Å². The number of fused-ring (bicyclic) bond motifs is 1. The maximum absolute atomic E-state index is 13.0. The second kappa shape index (κ2) is 6.74. The molecule has 2 aromatic rings. The topological polar surface area (TPSA) is 84.0 Å². The van der Waals surface area contributed by atoms with E-state index in [1.807, 2.05) is 0 Å². The summed E-state index contributed by atoms with van der Waals surface area (Å²) in [4.78, 5) is 39.6. The lowest BCUT2D eigenvalue weighted by Crippen LogP contribution is -2.40. The molecule has 2 N–H and O–H groups in total. The van der Waals surface area contributed by atoms with Crippen molar-refractivity contribution in [1.29, 1.82) is 0 Å². The van der Waals surface area contributed by atoms with E-state index in [0.29, 0.717) is 22.5 Å². The third kappa shape index (κ3) is 3.59. The highest BCUT2D eigenvalue weighted by atomic mass is 16.2. The molecule has 1 aromatic heterocycles. The van der Waals surface area contributed by atoms with Gasteiger partial charge in [-0.2, -0.15) is 0 Å². The SMILES string of the molecule is CC(=O)Nc1ccc2[nH]c(=O)n(C3CCC(C(C)(C)C)CC3)c(=O)c2c1. The van der Waals surface area contributed by atoms with Gasteiger partial charge in [-0.15, -0.1) is 0 Å². The maximum atomic E-state index is 13.0. The number of aromatic amines is 1. The highest BCUT2D eigenvalue weighted by molar-refractivity contribution is 5.91. The minimum Gasteiger partial charge on any atom is -0.326 e. The Morgan fingerprint density at radius 2 is 1.81 bits per heavy atom. The van der Waals surface area contributed by atoms with Gasteiger partial charge in [-0.25, -0.2) is 4.79 Å². The van der Waals surface area contributed by atoms with Crippen molar-refractivity contribution in [3.63, 3.8) is 0 Å². The molecule has 1 aliphatic rings. The van der Waals surface area contributed by atoms with Crippen molar-refractivity contribution in [3.8, 4) is 0 Å². The summed E-state index contributed by atoms with van der Waals surface area (Å²) in [6, 6.07) is 4.90. The van der Waals surface area contributed by atoms with Gasteiger partial charge in [-0.05, 0) is 55.2 Å². The molecule has 1 amide bonds. The molecule has 1 fully saturated rings. The van der Waals surface area contributed by atoms with Crippen molar-refractivity contribution in [2.45, 2.75) is 59.4 Å². The third-order valence-electron chi connectivity index (χ3n) is 5.54. The number of H-pyrrole nitrogens is 1. The number of benzene rings is 1. The molecule has 1 aromatic carbocycles. The molecule has 6 heteroatoms. The molecular formula is C20H27N3O3. The molecule has 0 saturated heterocycles. The first-order valence-electron chi connectivity index (χ1n) is 9.23. The first-order chi connectivity index (χ1) is 12.2. The summed E-state index contributed by atoms with van der Waals surface area (Å²) in [7, 11) is 0. The highest BCUT2D eigenvalue weighted by Gasteiger charge is 2.31. The van der Waals surface area contributed by atoms with E-state index in [1.54, 1.807) is 18.2 Å². The number of hydrogen-bond donors (Lipinski definition) is 2. The Morgan fingerprint density at radius 3 is 2.38 bits per heavy atom. The Morgan fingerprint density at radius 1 is 1.15 bits per heavy atom. The number of carbonyl (C=O) groups is 1. The second-order valence-corrected chi connectivity index (χ2v) is 8.42. The number of anilines is 1. The van der Waals surface area contributed by atoms with Gasteiger partial charge in [0.25, 0.3) is 5.56 Å². The predicted molar refractivity (Wildman–Crippen MR) is 104 cm³/mol. The van der Waals surface area contributed by atoms with Crippen LogP contribution in [-0.2, 0) is 4.79 Å². The van der Waals surface area contributed by atoms with Crippen LogP contribution in [0.4, 0.5) is 5.69 Å². The average Bonchev–Trinajstić information content (AvgIpc) is 2.55. The van der Waals surface area contributed by atoms with Gasteiger partial charge in [0.15, 0.2) is 0 Å². The molecular weight excluding hydrogens is 330 g/mol. The van der Waals surface area contributed by atoms with Crippen molar-refractivity contribution in [1.82, 2.24) is 9.55 Å². The Balaban J connectivity index is 1.97. The van der Waals surface area contributed by atoms with E-state index in [1.165, 1.54) is 11.5 Å². The molecule has 6 nitrogen and oxygen atoms in total. The molecule has 26 heavy (non-hydrogen) atoms. The van der Waals surface area contributed by atoms with E-state index in [4.69, 9.17) is 0 Å². The number of carbonyl (C=O) groups excluding carboxylic acids is 1. The van der Waals surface area contributed by atoms with Gasteiger partial charge in [0, 0.05) is 18.7 Å². The van der Waals surface area contributed by atoms with E-state index in [2.05, 4.69) is 31.1 Å². The molecule has 1 heterocycles. The largest absolute Gasteiger partial charge is 0.329 e. The summed E-state index contributed by atoms with van der Waals surface area (Å²) >= 11 is 0. The molecule has 3 rings (SSSR count). The lowest BCUT2D eigenvalue weighted by molar-refractivity contribution is -0.114. The van der Waals surface area contributed by atoms with Gasteiger partial charge in [0.2, 0.25) is 5.91 Å². The first kappa shape index (κ1) is 18.4. The highest BCUT2D eigenvalue weighted by Crippen LogP contribution is 2.40. The van der Waals surface area contributed by atoms with E-state index in [-0.39, 0.29) is 28.6 Å². The monoisotopic (exact) mass is 357 g/mol. The quantitative estimate of drug-likeness (QED) is 0.864. The molecule has 1 saturated carbocycles. The van der Waals surface area contributed by atoms with Gasteiger partial charge < -0.3 is 10.3 Å². The summed E-state index contributed by atoms with van der Waals surface area (Å²) in [6.07, 6.45) is 3.71. The fourth-order valence-electron chi connectivity index (χ4n) is 4.04. The molecule has 0 radical (unpaired) electrons. The van der Waals surface area contributed by atoms with Crippen LogP contribution in [0.5, 0.6) is 0 Å². The van der Waals surface area contributed by atoms with Gasteiger partial charge in [-0.3, -0.25) is 14.2 Å². The van der Waals surface area contributed by atoms with Crippen LogP contribution in [0, 0.1) is 11.3 Å². The minimum atomic E-state index is -0.353. The zero-order valence-electron chi connectivity index (χ0n) is 15.9. The number of rotatable bonds is 2. The van der Waals surface area contributed by atoms with Crippen LogP contribution in [0.2, 0.25) is 0 Å². The average molecular weight is 357 g/mol. The van der Waals surface area contributed by atoms with Gasteiger partial charge in [-0.1, -0.05) is 20.8 Å². The Hall–Kier alpha value is -2.37. The van der Waals surface area contributed by atoms with Crippen molar-refractivity contribution in [2.75, 3.05) is 5.32 Å². The lowest BCUT2D eigenvalue weighted by atomic mass is 9.71. The zero-order chi connectivity index (χ0) is 19.1. The summed E-state index contributed by atoms with van der Waals surface area (Å²) in [5.74, 6) is 0.412. The number of nitrogens with one attached hydrogen (secondary N) is 2. The van der Waals surface area contributed by atoms with E-state index in [0.717, 1.165) is 25.7 Å². The first-order valence-corrected chi connectivity index (χ1v) is 9.23. The fraction of sp³-hybridized carbons (Fsp3) is 0.550. The molecule has 0 aliphatic heterocycles. The van der Waals surface area contributed by atoms with Crippen LogP contribution >= 0.6 is 0 Å². The van der Waals surface area contributed by atoms with Gasteiger partial charge in [0.05, 0.1) is 10.9 Å². The minimum absolute atomic E-state index is 0.0707. The second-order valence-electron chi connectivity index (χ2n) is 8.42. The standard InChI is InChI=1S/C20H27N3O3/c1-12(24)21-14-7-10-17-16(11-14)18(25)23(19(26)22-17)15-8-5-13(6-9-15)20(2,3)4/h7,10-11,13,15H,5-6,8-9H2,1-4H3,(H,21,24)(H,22,26). The van der Waals surface area contributed by atoms with Crippen LogP contribution in [0.3, 0.4) is 0 Å². The molecule has 0 spiro atoms. The van der Waals surface area contributed by atoms with Crippen molar-refractivity contribution < 1.29 is 4.79 Å². The molecule has 0 unspecified atom stereocenters. The zero-order valence-corrected chi connectivity index (χ0v) is 15.9. The summed E-state index contributed by atoms with van der Waals surface area (Å²) in [5, 5.41) is 3.11. The van der Waals surface area contributed by atoms with Gasteiger partial charge in [0.1, 0.15) is 0 Å². The van der Waals surface area contributed by atoms with Crippen molar-refractivity contribution in [3.05, 3.63) is 39.0 Å². The maximum Gasteiger partial charge on any atom is 0.329 e.